The summed E-state index contributed by atoms with van der Waals surface area (Å²) in [6, 6.07) is 10.3. The molecule has 2 atom stereocenters. The van der Waals surface area contributed by atoms with Crippen LogP contribution in [0.5, 0.6) is 0 Å². The van der Waals surface area contributed by atoms with E-state index in [1.165, 1.54) is 5.56 Å². The van der Waals surface area contributed by atoms with E-state index in [9.17, 15) is 4.79 Å². The lowest BCUT2D eigenvalue weighted by molar-refractivity contribution is 0.171. The van der Waals surface area contributed by atoms with Crippen LogP contribution in [0.25, 0.3) is 16.9 Å². The molecule has 0 bridgehead atoms. The van der Waals surface area contributed by atoms with Crippen molar-refractivity contribution in [2.24, 2.45) is 5.92 Å². The largest absolute Gasteiger partial charge is 0.370 e. The van der Waals surface area contributed by atoms with Crippen LogP contribution in [0.15, 0.2) is 73.1 Å². The highest BCUT2D eigenvalue weighted by Crippen LogP contribution is 2.26. The van der Waals surface area contributed by atoms with Gasteiger partial charge in [0.2, 0.25) is 0 Å². The first-order valence-corrected chi connectivity index (χ1v) is 13.8. The van der Waals surface area contributed by atoms with Crippen LogP contribution in [0, 0.1) is 12.8 Å². The molecule has 2 unspecified atom stereocenters. The Kier molecular flexibility index (Phi) is 8.21. The maximum Gasteiger partial charge on any atom is 0.321 e. The Balaban J connectivity index is 1.52. The van der Waals surface area contributed by atoms with Crippen LogP contribution in [0.3, 0.4) is 0 Å². The Hall–Kier alpha value is -3.44. The first-order chi connectivity index (χ1) is 17.4. The minimum atomic E-state index is -0.0930. The number of carbonyl (C=O) groups excluding carboxylic acids is 1. The number of urea groups is 1. The fourth-order valence-electron chi connectivity index (χ4n) is 4.54. The lowest BCUT2D eigenvalue weighted by Gasteiger charge is -2.33. The number of aromatic nitrogens is 3. The maximum absolute atomic E-state index is 12.9. The number of hydrogen-bond acceptors (Lipinski definition) is 4. The Morgan fingerprint density at radius 1 is 1.28 bits per heavy atom. The molecule has 1 aromatic carbocycles. The van der Waals surface area contributed by atoms with E-state index in [4.69, 9.17) is 4.98 Å². The maximum atomic E-state index is 12.9. The van der Waals surface area contributed by atoms with E-state index in [-0.39, 0.29) is 6.03 Å². The van der Waals surface area contributed by atoms with Crippen molar-refractivity contribution in [3.63, 3.8) is 0 Å². The fraction of sp³-hybridized carbons (Fsp3) is 0.321. The fourth-order valence-corrected chi connectivity index (χ4v) is 5.12. The summed E-state index contributed by atoms with van der Waals surface area (Å²) in [5.41, 5.74) is 5.74. The topological polar surface area (TPSA) is 74.6 Å². The minimum Gasteiger partial charge on any atom is -0.370 e. The van der Waals surface area contributed by atoms with Gasteiger partial charge in [0, 0.05) is 42.3 Å². The first kappa shape index (κ1) is 25.6. The van der Waals surface area contributed by atoms with E-state index in [0.29, 0.717) is 26.7 Å². The van der Waals surface area contributed by atoms with Crippen molar-refractivity contribution >= 4 is 31.4 Å². The highest BCUT2D eigenvalue weighted by Gasteiger charge is 2.24. The molecule has 1 fully saturated rings. The third-order valence-electron chi connectivity index (χ3n) is 6.72. The van der Waals surface area contributed by atoms with Gasteiger partial charge in [0.25, 0.3) is 0 Å². The van der Waals surface area contributed by atoms with Crippen molar-refractivity contribution in [2.45, 2.75) is 26.7 Å². The second-order valence-electron chi connectivity index (χ2n) is 9.16. The molecule has 188 valence electrons. The number of carbonyl (C=O) groups is 1. The van der Waals surface area contributed by atoms with Gasteiger partial charge >= 0.3 is 6.03 Å². The molecular weight excluding hydrogens is 467 g/mol. The molecule has 0 radical (unpaired) electrons. The number of benzene rings is 1. The van der Waals surface area contributed by atoms with Gasteiger partial charge in [-0.25, -0.2) is 9.78 Å². The third-order valence-corrected chi connectivity index (χ3v) is 7.61. The Labute approximate surface area is 215 Å². The molecule has 4 rings (SSSR count). The van der Waals surface area contributed by atoms with E-state index >= 15 is 0 Å². The number of rotatable bonds is 8. The molecule has 2 aromatic heterocycles. The summed E-state index contributed by atoms with van der Waals surface area (Å²) in [5, 5.41) is 12.4. The van der Waals surface area contributed by atoms with Crippen molar-refractivity contribution in [3.05, 3.63) is 78.7 Å². The van der Waals surface area contributed by atoms with Gasteiger partial charge in [0.1, 0.15) is 5.82 Å². The summed E-state index contributed by atoms with van der Waals surface area (Å²) in [5.74, 6) is 1.25. The standard InChI is InChI=1S/C28H35N6OP/c1-6-19(3)23(7-2)32-28(35)33-14-10-12-21(18-33)16-29-26-15-24(22-13-9-8-11-20(22)4)31-27-25(36-5)17-30-34(26)27/h6-9,11,13,15,17,21,29,36H,1-2,10,12,14,16,18H2,3-5H3,(H,32,35)/b23-19+. The molecule has 36 heavy (non-hydrogen) atoms. The Morgan fingerprint density at radius 2 is 2.08 bits per heavy atom. The average molecular weight is 503 g/mol. The average Bonchev–Trinajstić information content (AvgIpc) is 3.33. The van der Waals surface area contributed by atoms with Gasteiger partial charge in [-0.15, -0.1) is 0 Å². The van der Waals surface area contributed by atoms with Gasteiger partial charge in [-0.05, 0) is 56.5 Å². The summed E-state index contributed by atoms with van der Waals surface area (Å²) < 4.78 is 1.90. The number of amides is 2. The quantitative estimate of drug-likeness (QED) is 0.331. The van der Waals surface area contributed by atoms with Gasteiger partial charge in [0.15, 0.2) is 5.65 Å². The second-order valence-corrected chi connectivity index (χ2v) is 10.2. The van der Waals surface area contributed by atoms with Crippen LogP contribution in [-0.2, 0) is 0 Å². The smallest absolute Gasteiger partial charge is 0.321 e. The Morgan fingerprint density at radius 3 is 2.81 bits per heavy atom. The number of piperidine rings is 1. The molecule has 8 heteroatoms. The first-order valence-electron chi connectivity index (χ1n) is 12.3. The van der Waals surface area contributed by atoms with Crippen LogP contribution < -0.4 is 15.9 Å². The number of fused-ring (bicyclic) bond motifs is 1. The molecule has 0 aliphatic carbocycles. The molecule has 1 aliphatic heterocycles. The number of hydrogen-bond donors (Lipinski definition) is 2. The SMILES string of the molecule is C=C/C(C)=C(\C=C)NC(=O)N1CCCC(CNc2cc(-c3ccccc3C)nc3c(PC)cnn23)C1. The van der Waals surface area contributed by atoms with Crippen LogP contribution in [0.1, 0.15) is 25.3 Å². The molecule has 1 aliphatic rings. The lowest BCUT2D eigenvalue weighted by Crippen LogP contribution is -2.46. The molecular formula is C28H35N6OP. The molecule has 7 nitrogen and oxygen atoms in total. The zero-order chi connectivity index (χ0) is 25.7. The van der Waals surface area contributed by atoms with Crippen LogP contribution in [-0.4, -0.2) is 51.8 Å². The molecule has 3 heterocycles. The van der Waals surface area contributed by atoms with E-state index in [1.807, 2.05) is 34.7 Å². The number of likely N-dealkylation sites (tertiary alicyclic amines) is 1. The number of nitrogens with zero attached hydrogens (tertiary/aromatic N) is 4. The number of allylic oxidation sites excluding steroid dienone is 3. The van der Waals surface area contributed by atoms with Gasteiger partial charge in [-0.2, -0.15) is 9.61 Å². The predicted molar refractivity (Wildman–Crippen MR) is 151 cm³/mol. The van der Waals surface area contributed by atoms with Gasteiger partial charge in [-0.1, -0.05) is 52.1 Å². The van der Waals surface area contributed by atoms with E-state index in [2.05, 4.69) is 60.7 Å². The van der Waals surface area contributed by atoms with E-state index in [1.54, 1.807) is 12.2 Å². The summed E-state index contributed by atoms with van der Waals surface area (Å²) >= 11 is 0. The summed E-state index contributed by atoms with van der Waals surface area (Å²) in [4.78, 5) is 19.8. The lowest BCUT2D eigenvalue weighted by atomic mass is 9.98. The normalized spacial score (nSPS) is 16.8. The molecule has 3 aromatic rings. The number of aryl methyl sites for hydroxylation is 1. The molecule has 0 saturated carbocycles. The molecule has 2 amide bonds. The summed E-state index contributed by atoms with van der Waals surface area (Å²) in [6.07, 6.45) is 7.33. The zero-order valence-electron chi connectivity index (χ0n) is 21.3. The number of anilines is 1. The van der Waals surface area contributed by atoms with E-state index < -0.39 is 0 Å². The van der Waals surface area contributed by atoms with Crippen molar-refractivity contribution < 1.29 is 4.79 Å². The van der Waals surface area contributed by atoms with Gasteiger partial charge < -0.3 is 15.5 Å². The van der Waals surface area contributed by atoms with Gasteiger partial charge in [-0.3, -0.25) is 0 Å². The monoisotopic (exact) mass is 502 g/mol. The highest BCUT2D eigenvalue weighted by atomic mass is 31.1. The Bertz CT molecular complexity index is 1310. The number of nitrogens with one attached hydrogen (secondary N) is 2. The van der Waals surface area contributed by atoms with E-state index in [0.717, 1.165) is 59.5 Å². The zero-order valence-corrected chi connectivity index (χ0v) is 22.3. The van der Waals surface area contributed by atoms with Crippen LogP contribution in [0.4, 0.5) is 10.6 Å². The summed E-state index contributed by atoms with van der Waals surface area (Å²) in [6.45, 7) is 15.9. The third kappa shape index (κ3) is 5.52. The van der Waals surface area contributed by atoms with Crippen molar-refractivity contribution in [2.75, 3.05) is 31.6 Å². The molecule has 1 saturated heterocycles. The summed E-state index contributed by atoms with van der Waals surface area (Å²) in [7, 11) is 0.610. The minimum absolute atomic E-state index is 0.0930. The molecule has 2 N–H and O–H groups in total. The van der Waals surface area contributed by atoms with Crippen LogP contribution in [0.2, 0.25) is 0 Å². The van der Waals surface area contributed by atoms with Gasteiger partial charge in [0.05, 0.1) is 11.9 Å². The van der Waals surface area contributed by atoms with Crippen molar-refractivity contribution in [1.29, 1.82) is 0 Å². The van der Waals surface area contributed by atoms with Crippen molar-refractivity contribution in [3.8, 4) is 11.3 Å². The van der Waals surface area contributed by atoms with Crippen LogP contribution >= 0.6 is 8.58 Å². The van der Waals surface area contributed by atoms with Crippen molar-refractivity contribution in [1.82, 2.24) is 24.8 Å². The highest BCUT2D eigenvalue weighted by molar-refractivity contribution is 7.46. The second kappa shape index (κ2) is 11.5. The molecule has 0 spiro atoms. The predicted octanol–water partition coefficient (Wildman–Crippen LogP) is 5.12.